The molecular formula is C63H98O6. The van der Waals surface area contributed by atoms with Crippen LogP contribution in [-0.4, -0.2) is 37.2 Å². The van der Waals surface area contributed by atoms with Gasteiger partial charge >= 0.3 is 17.9 Å². The van der Waals surface area contributed by atoms with Crippen LogP contribution in [0.15, 0.2) is 146 Å². The smallest absolute Gasteiger partial charge is 0.306 e. The third-order valence-electron chi connectivity index (χ3n) is 10.8. The highest BCUT2D eigenvalue weighted by Gasteiger charge is 2.19. The maximum atomic E-state index is 12.8. The molecule has 6 heteroatoms. The summed E-state index contributed by atoms with van der Waals surface area (Å²) in [4.78, 5) is 38.1. The Balaban J connectivity index is 4.64. The molecule has 0 aliphatic rings. The third-order valence-corrected chi connectivity index (χ3v) is 10.8. The molecule has 0 aromatic heterocycles. The fraction of sp³-hybridized carbons (Fsp3) is 0.571. The summed E-state index contributed by atoms with van der Waals surface area (Å²) in [6, 6.07) is 0. The minimum Gasteiger partial charge on any atom is -0.462 e. The van der Waals surface area contributed by atoms with Gasteiger partial charge in [0.25, 0.3) is 0 Å². The summed E-state index contributed by atoms with van der Waals surface area (Å²) in [6.07, 6.45) is 79.8. The van der Waals surface area contributed by atoms with Gasteiger partial charge in [-0.25, -0.2) is 0 Å². The van der Waals surface area contributed by atoms with Crippen molar-refractivity contribution in [3.63, 3.8) is 0 Å². The first kappa shape index (κ1) is 64.3. The fourth-order valence-corrected chi connectivity index (χ4v) is 6.71. The molecule has 0 bridgehead atoms. The monoisotopic (exact) mass is 951 g/mol. The number of ether oxygens (including phenoxy) is 3. The molecule has 0 saturated heterocycles. The van der Waals surface area contributed by atoms with Crippen LogP contribution in [0.2, 0.25) is 0 Å². The molecule has 0 fully saturated rings. The standard InChI is InChI=1S/C63H98O6/c1-4-7-10-13-16-19-22-25-28-31-34-37-40-43-46-49-52-55-61(64)67-58-60(69-63(66)57-54-51-48-45-42-39-36-33-30-27-24-21-18-15-12-9-6-3)59-68-62(65)56-53-50-47-44-41-38-35-32-29-26-23-20-17-14-11-8-5-2/h9,12,16-21,25-30,34-39,43-44,46-47,60H,4-8,10-11,13-15,22-24,31-33,40-42,45,48-59H2,1-3H3/b12-9-,19-16-,20-17-,21-18-,28-25-,29-26-,30-27-,37-34-,38-35-,39-36-,46-43-,47-44-. The Morgan fingerprint density at radius 3 is 0.913 bits per heavy atom. The Morgan fingerprint density at radius 2 is 0.580 bits per heavy atom. The quantitative estimate of drug-likeness (QED) is 0.0262. The SMILES string of the molecule is CC/C=C\C/C=C\C/C=C\C/C=C\CCCCCCC(=O)OC(COC(=O)CCC/C=C\C/C=C\C/C=C\C/C=C\CCCCC)COC(=O)CCC/C=C\C/C=C\C/C=C\C/C=C\CCCCC. The van der Waals surface area contributed by atoms with Crippen LogP contribution in [0.25, 0.3) is 0 Å². The Labute approximate surface area is 423 Å². The van der Waals surface area contributed by atoms with E-state index in [1.165, 1.54) is 51.4 Å². The Bertz CT molecular complexity index is 1480. The molecule has 0 aromatic carbocycles. The molecule has 0 aliphatic carbocycles. The Hall–Kier alpha value is -4.71. The first-order valence-corrected chi connectivity index (χ1v) is 27.3. The molecule has 0 unspecified atom stereocenters. The van der Waals surface area contributed by atoms with Gasteiger partial charge < -0.3 is 14.2 Å². The summed E-state index contributed by atoms with van der Waals surface area (Å²) in [5, 5.41) is 0. The highest BCUT2D eigenvalue weighted by Crippen LogP contribution is 2.11. The number of hydrogen-bond acceptors (Lipinski definition) is 6. The maximum absolute atomic E-state index is 12.8. The van der Waals surface area contributed by atoms with Gasteiger partial charge in [-0.2, -0.15) is 0 Å². The van der Waals surface area contributed by atoms with Gasteiger partial charge in [0.15, 0.2) is 6.10 Å². The molecule has 0 aromatic rings. The summed E-state index contributed by atoms with van der Waals surface area (Å²) in [5.74, 6) is -1.08. The second-order valence-corrected chi connectivity index (χ2v) is 17.4. The van der Waals surface area contributed by atoms with Crippen LogP contribution in [0.1, 0.15) is 213 Å². The molecule has 0 amide bonds. The van der Waals surface area contributed by atoms with Crippen molar-refractivity contribution in [1.82, 2.24) is 0 Å². The van der Waals surface area contributed by atoms with Crippen molar-refractivity contribution in [3.05, 3.63) is 146 Å². The van der Waals surface area contributed by atoms with E-state index in [-0.39, 0.29) is 50.4 Å². The first-order valence-electron chi connectivity index (χ1n) is 27.3. The number of esters is 3. The number of unbranched alkanes of at least 4 members (excludes halogenated alkanes) is 12. The molecule has 0 radical (unpaired) electrons. The van der Waals surface area contributed by atoms with Crippen LogP contribution in [0.3, 0.4) is 0 Å². The molecule has 0 N–H and O–H groups in total. The second kappa shape index (κ2) is 55.9. The van der Waals surface area contributed by atoms with Gasteiger partial charge in [0.2, 0.25) is 0 Å². The molecule has 0 atom stereocenters. The summed E-state index contributed by atoms with van der Waals surface area (Å²) in [6.45, 7) is 6.33. The number of hydrogen-bond donors (Lipinski definition) is 0. The third kappa shape index (κ3) is 54.1. The van der Waals surface area contributed by atoms with Crippen LogP contribution in [0, 0.1) is 0 Å². The fourth-order valence-electron chi connectivity index (χ4n) is 6.71. The lowest BCUT2D eigenvalue weighted by molar-refractivity contribution is -0.167. The zero-order valence-electron chi connectivity index (χ0n) is 44.0. The largest absolute Gasteiger partial charge is 0.462 e. The van der Waals surface area contributed by atoms with Gasteiger partial charge in [-0.1, -0.05) is 205 Å². The molecular weight excluding hydrogens is 853 g/mol. The van der Waals surface area contributed by atoms with E-state index in [9.17, 15) is 14.4 Å². The van der Waals surface area contributed by atoms with Crippen molar-refractivity contribution in [1.29, 1.82) is 0 Å². The van der Waals surface area contributed by atoms with Gasteiger partial charge in [0.05, 0.1) is 0 Å². The van der Waals surface area contributed by atoms with E-state index in [2.05, 4.69) is 167 Å². The number of allylic oxidation sites excluding steroid dienone is 24. The molecule has 0 spiro atoms. The highest BCUT2D eigenvalue weighted by atomic mass is 16.6. The van der Waals surface area contributed by atoms with Crippen molar-refractivity contribution in [2.75, 3.05) is 13.2 Å². The van der Waals surface area contributed by atoms with Crippen LogP contribution < -0.4 is 0 Å². The molecule has 0 saturated carbocycles. The minimum absolute atomic E-state index is 0.140. The summed E-state index contributed by atoms with van der Waals surface area (Å²) >= 11 is 0. The van der Waals surface area contributed by atoms with Crippen LogP contribution in [0.4, 0.5) is 0 Å². The van der Waals surface area contributed by atoms with Crippen LogP contribution >= 0.6 is 0 Å². The lowest BCUT2D eigenvalue weighted by atomic mass is 10.1. The summed E-state index contributed by atoms with van der Waals surface area (Å²) < 4.78 is 16.7. The van der Waals surface area contributed by atoms with E-state index in [1.807, 2.05) is 0 Å². The number of carbonyl (C=O) groups excluding carboxylic acids is 3. The molecule has 69 heavy (non-hydrogen) atoms. The van der Waals surface area contributed by atoms with E-state index >= 15 is 0 Å². The first-order chi connectivity index (χ1) is 34.0. The van der Waals surface area contributed by atoms with Gasteiger partial charge in [0.1, 0.15) is 13.2 Å². The lowest BCUT2D eigenvalue weighted by Gasteiger charge is -2.18. The summed E-state index contributed by atoms with van der Waals surface area (Å²) in [7, 11) is 0. The maximum Gasteiger partial charge on any atom is 0.306 e. The number of rotatable bonds is 47. The topological polar surface area (TPSA) is 78.9 Å². The molecule has 6 nitrogen and oxygen atoms in total. The number of carbonyl (C=O) groups is 3. The van der Waals surface area contributed by atoms with Gasteiger partial charge in [0, 0.05) is 19.3 Å². The van der Waals surface area contributed by atoms with Crippen LogP contribution in [-0.2, 0) is 28.6 Å². The van der Waals surface area contributed by atoms with Crippen molar-refractivity contribution >= 4 is 17.9 Å². The highest BCUT2D eigenvalue weighted by molar-refractivity contribution is 5.71. The Morgan fingerprint density at radius 1 is 0.304 bits per heavy atom. The normalized spacial score (nSPS) is 12.9. The summed E-state index contributed by atoms with van der Waals surface area (Å²) in [5.41, 5.74) is 0. The zero-order valence-corrected chi connectivity index (χ0v) is 44.0. The van der Waals surface area contributed by atoms with Gasteiger partial charge in [-0.3, -0.25) is 14.4 Å². The van der Waals surface area contributed by atoms with Crippen LogP contribution in [0.5, 0.6) is 0 Å². The minimum atomic E-state index is -0.842. The predicted molar refractivity (Wildman–Crippen MR) is 297 cm³/mol. The van der Waals surface area contributed by atoms with E-state index in [4.69, 9.17) is 14.2 Å². The molecule has 0 aliphatic heterocycles. The van der Waals surface area contributed by atoms with E-state index in [1.54, 1.807) is 0 Å². The predicted octanol–water partition coefficient (Wildman–Crippen LogP) is 18.4. The lowest BCUT2D eigenvalue weighted by Crippen LogP contribution is -2.30. The van der Waals surface area contributed by atoms with Crippen molar-refractivity contribution in [3.8, 4) is 0 Å². The van der Waals surface area contributed by atoms with E-state index < -0.39 is 6.10 Å². The van der Waals surface area contributed by atoms with Crippen molar-refractivity contribution in [2.24, 2.45) is 0 Å². The van der Waals surface area contributed by atoms with Gasteiger partial charge in [-0.15, -0.1) is 0 Å². The Kier molecular flexibility index (Phi) is 52.1. The average Bonchev–Trinajstić information content (AvgIpc) is 3.35. The van der Waals surface area contributed by atoms with E-state index in [0.717, 1.165) is 103 Å². The van der Waals surface area contributed by atoms with Gasteiger partial charge in [-0.05, 0) is 135 Å². The molecule has 386 valence electrons. The zero-order chi connectivity index (χ0) is 50.0. The second-order valence-electron chi connectivity index (χ2n) is 17.4. The van der Waals surface area contributed by atoms with Crippen molar-refractivity contribution < 1.29 is 28.6 Å². The van der Waals surface area contributed by atoms with E-state index in [0.29, 0.717) is 19.3 Å². The van der Waals surface area contributed by atoms with Crippen molar-refractivity contribution in [2.45, 2.75) is 219 Å². The molecule has 0 heterocycles. The average molecular weight is 951 g/mol. The molecule has 0 rings (SSSR count).